The number of benzene rings is 1. The van der Waals surface area contributed by atoms with Gasteiger partial charge < -0.3 is 4.90 Å². The molecule has 1 fully saturated rings. The Morgan fingerprint density at radius 3 is 2.32 bits per heavy atom. The summed E-state index contributed by atoms with van der Waals surface area (Å²) in [6.45, 7) is 1.70. The van der Waals surface area contributed by atoms with Gasteiger partial charge in [0.2, 0.25) is 5.91 Å². The van der Waals surface area contributed by atoms with E-state index in [0.29, 0.717) is 24.8 Å². The summed E-state index contributed by atoms with van der Waals surface area (Å²) < 4.78 is 12.7. The maximum atomic E-state index is 12.7. The molecule has 1 aliphatic rings. The highest BCUT2D eigenvalue weighted by molar-refractivity contribution is 5.96. The Bertz CT molecular complexity index is 450. The maximum absolute atomic E-state index is 12.7. The molecule has 0 bridgehead atoms. The third-order valence-electron chi connectivity index (χ3n) is 3.42. The van der Waals surface area contributed by atoms with Gasteiger partial charge in [-0.25, -0.2) is 4.39 Å². The van der Waals surface area contributed by atoms with Crippen LogP contribution >= 0.6 is 0 Å². The molecule has 0 N–H and O–H groups in total. The van der Waals surface area contributed by atoms with Crippen molar-refractivity contribution in [3.05, 3.63) is 35.6 Å². The van der Waals surface area contributed by atoms with Gasteiger partial charge in [0.15, 0.2) is 5.78 Å². The first-order valence-electron chi connectivity index (χ1n) is 6.73. The lowest BCUT2D eigenvalue weighted by atomic mass is 10.1. The topological polar surface area (TPSA) is 37.4 Å². The van der Waals surface area contributed by atoms with Gasteiger partial charge in [0.05, 0.1) is 0 Å². The van der Waals surface area contributed by atoms with Crippen molar-refractivity contribution in [3.63, 3.8) is 0 Å². The molecule has 19 heavy (non-hydrogen) atoms. The molecule has 4 heteroatoms. The van der Waals surface area contributed by atoms with Crippen molar-refractivity contribution < 1.29 is 14.0 Å². The van der Waals surface area contributed by atoms with Crippen LogP contribution in [0.2, 0.25) is 0 Å². The van der Waals surface area contributed by atoms with Gasteiger partial charge in [0, 0.05) is 31.5 Å². The minimum atomic E-state index is -0.347. The maximum Gasteiger partial charge on any atom is 0.222 e. The Labute approximate surface area is 112 Å². The summed E-state index contributed by atoms with van der Waals surface area (Å²) in [5, 5.41) is 0. The zero-order valence-electron chi connectivity index (χ0n) is 10.9. The first-order valence-corrected chi connectivity index (χ1v) is 6.73. The van der Waals surface area contributed by atoms with Crippen molar-refractivity contribution in [2.75, 3.05) is 13.1 Å². The van der Waals surface area contributed by atoms with Crippen LogP contribution in [0.3, 0.4) is 0 Å². The molecule has 0 spiro atoms. The van der Waals surface area contributed by atoms with E-state index in [4.69, 9.17) is 0 Å². The number of hydrogen-bond acceptors (Lipinski definition) is 2. The zero-order chi connectivity index (χ0) is 13.7. The average Bonchev–Trinajstić information content (AvgIpc) is 2.93. The number of rotatable bonds is 5. The molecule has 1 aromatic carbocycles. The fourth-order valence-electron chi connectivity index (χ4n) is 2.30. The molecule has 1 heterocycles. The molecular formula is C15H18FNO2. The summed E-state index contributed by atoms with van der Waals surface area (Å²) in [6, 6.07) is 5.53. The van der Waals surface area contributed by atoms with E-state index < -0.39 is 0 Å². The van der Waals surface area contributed by atoms with E-state index in [1.165, 1.54) is 24.3 Å². The second-order valence-corrected chi connectivity index (χ2v) is 4.87. The Morgan fingerprint density at radius 1 is 1.05 bits per heavy atom. The van der Waals surface area contributed by atoms with Gasteiger partial charge in [-0.15, -0.1) is 0 Å². The average molecular weight is 263 g/mol. The summed E-state index contributed by atoms with van der Waals surface area (Å²) in [7, 11) is 0. The van der Waals surface area contributed by atoms with E-state index in [9.17, 15) is 14.0 Å². The second-order valence-electron chi connectivity index (χ2n) is 4.87. The van der Waals surface area contributed by atoms with Gasteiger partial charge in [-0.05, 0) is 43.5 Å². The van der Waals surface area contributed by atoms with Crippen LogP contribution in [0.4, 0.5) is 4.39 Å². The van der Waals surface area contributed by atoms with Gasteiger partial charge in [-0.2, -0.15) is 0 Å². The molecule has 0 saturated carbocycles. The predicted octanol–water partition coefficient (Wildman–Crippen LogP) is 2.80. The molecule has 3 nitrogen and oxygen atoms in total. The van der Waals surface area contributed by atoms with E-state index in [1.54, 1.807) is 0 Å². The molecule has 0 unspecified atom stereocenters. The number of Topliss-reactive ketones (excluding diaryl/α,β-unsaturated/α-hetero) is 1. The van der Waals surface area contributed by atoms with Crippen molar-refractivity contribution in [2.24, 2.45) is 0 Å². The fraction of sp³-hybridized carbons (Fsp3) is 0.467. The minimum absolute atomic E-state index is 0.0331. The van der Waals surface area contributed by atoms with Crippen molar-refractivity contribution in [1.82, 2.24) is 4.90 Å². The highest BCUT2D eigenvalue weighted by atomic mass is 19.1. The monoisotopic (exact) mass is 263 g/mol. The minimum Gasteiger partial charge on any atom is -0.343 e. The van der Waals surface area contributed by atoms with Crippen LogP contribution in [0.15, 0.2) is 24.3 Å². The third kappa shape index (κ3) is 3.88. The van der Waals surface area contributed by atoms with E-state index in [1.807, 2.05) is 4.90 Å². The molecule has 0 atom stereocenters. The van der Waals surface area contributed by atoms with Crippen LogP contribution in [0, 0.1) is 5.82 Å². The van der Waals surface area contributed by atoms with Gasteiger partial charge in [-0.3, -0.25) is 9.59 Å². The Hall–Kier alpha value is -1.71. The van der Waals surface area contributed by atoms with E-state index in [2.05, 4.69) is 0 Å². The number of carbonyl (C=O) groups excluding carboxylic acids is 2. The van der Waals surface area contributed by atoms with Crippen molar-refractivity contribution in [2.45, 2.75) is 32.1 Å². The van der Waals surface area contributed by atoms with Gasteiger partial charge >= 0.3 is 0 Å². The Balaban J connectivity index is 1.74. The third-order valence-corrected chi connectivity index (χ3v) is 3.42. The van der Waals surface area contributed by atoms with Crippen LogP contribution in [-0.4, -0.2) is 29.7 Å². The number of halogens is 1. The van der Waals surface area contributed by atoms with E-state index in [0.717, 1.165) is 25.9 Å². The molecule has 0 aliphatic carbocycles. The molecule has 1 saturated heterocycles. The van der Waals surface area contributed by atoms with Crippen LogP contribution in [0.25, 0.3) is 0 Å². The van der Waals surface area contributed by atoms with Crippen molar-refractivity contribution >= 4 is 11.7 Å². The van der Waals surface area contributed by atoms with Crippen LogP contribution in [-0.2, 0) is 4.79 Å². The highest BCUT2D eigenvalue weighted by Crippen LogP contribution is 2.12. The lowest BCUT2D eigenvalue weighted by molar-refractivity contribution is -0.130. The van der Waals surface area contributed by atoms with Gasteiger partial charge in [-0.1, -0.05) is 0 Å². The zero-order valence-corrected chi connectivity index (χ0v) is 10.9. The number of carbonyl (C=O) groups is 2. The summed E-state index contributed by atoms with van der Waals surface area (Å²) in [6.07, 6.45) is 3.49. The molecule has 1 aromatic rings. The second kappa shape index (κ2) is 6.45. The molecule has 0 radical (unpaired) electrons. The molecular weight excluding hydrogens is 245 g/mol. The van der Waals surface area contributed by atoms with E-state index >= 15 is 0 Å². The molecule has 1 aliphatic heterocycles. The van der Waals surface area contributed by atoms with Crippen molar-refractivity contribution in [3.8, 4) is 0 Å². The number of likely N-dealkylation sites (tertiary alicyclic amines) is 1. The van der Waals surface area contributed by atoms with Crippen molar-refractivity contribution in [1.29, 1.82) is 0 Å². The molecule has 2 rings (SSSR count). The summed E-state index contributed by atoms with van der Waals surface area (Å²) in [5.41, 5.74) is 0.509. The first-order chi connectivity index (χ1) is 9.16. The van der Waals surface area contributed by atoms with Crippen LogP contribution in [0.1, 0.15) is 42.5 Å². The summed E-state index contributed by atoms with van der Waals surface area (Å²) in [5.74, 6) is -0.237. The number of hydrogen-bond donors (Lipinski definition) is 0. The normalized spacial score (nSPS) is 14.7. The highest BCUT2D eigenvalue weighted by Gasteiger charge is 2.17. The molecule has 0 aromatic heterocycles. The summed E-state index contributed by atoms with van der Waals surface area (Å²) in [4.78, 5) is 25.4. The number of nitrogens with zero attached hydrogens (tertiary/aromatic N) is 1. The smallest absolute Gasteiger partial charge is 0.222 e. The molecule has 102 valence electrons. The molecule has 1 amide bonds. The fourth-order valence-corrected chi connectivity index (χ4v) is 2.30. The lowest BCUT2D eigenvalue weighted by Gasteiger charge is -2.14. The Morgan fingerprint density at radius 2 is 1.68 bits per heavy atom. The largest absolute Gasteiger partial charge is 0.343 e. The van der Waals surface area contributed by atoms with Crippen LogP contribution in [0.5, 0.6) is 0 Å². The van der Waals surface area contributed by atoms with Crippen LogP contribution < -0.4 is 0 Å². The number of ketones is 1. The predicted molar refractivity (Wildman–Crippen MR) is 70.4 cm³/mol. The number of amides is 1. The first kappa shape index (κ1) is 13.7. The summed E-state index contributed by atoms with van der Waals surface area (Å²) >= 11 is 0. The Kier molecular flexibility index (Phi) is 4.66. The SMILES string of the molecule is O=C(CCCC(=O)N1CCCC1)c1ccc(F)cc1. The van der Waals surface area contributed by atoms with Gasteiger partial charge in [0.1, 0.15) is 5.82 Å². The van der Waals surface area contributed by atoms with E-state index in [-0.39, 0.29) is 17.5 Å². The lowest BCUT2D eigenvalue weighted by Crippen LogP contribution is -2.27. The quantitative estimate of drug-likeness (QED) is 0.766. The van der Waals surface area contributed by atoms with Gasteiger partial charge in [0.25, 0.3) is 0 Å². The standard InChI is InChI=1S/C15H18FNO2/c16-13-8-6-12(7-9-13)14(18)4-3-5-15(19)17-10-1-2-11-17/h6-9H,1-5,10-11H2.